The Balaban J connectivity index is 1.51. The summed E-state index contributed by atoms with van der Waals surface area (Å²) in [5, 5.41) is 8.25. The molecule has 1 unspecified atom stereocenters. The molecular weight excluding hydrogens is 248 g/mol. The van der Waals surface area contributed by atoms with Gasteiger partial charge >= 0.3 is 0 Å². The second kappa shape index (κ2) is 6.27. The molecule has 0 amide bonds. The molecule has 1 aliphatic carbocycles. The Morgan fingerprint density at radius 3 is 2.90 bits per heavy atom. The summed E-state index contributed by atoms with van der Waals surface area (Å²) in [6.45, 7) is 6.93. The van der Waals surface area contributed by atoms with E-state index >= 15 is 0 Å². The lowest BCUT2D eigenvalue weighted by Crippen LogP contribution is -2.39. The molecule has 1 saturated carbocycles. The number of piperidine rings is 1. The van der Waals surface area contributed by atoms with Crippen molar-refractivity contribution in [1.82, 2.24) is 20.0 Å². The maximum Gasteiger partial charge on any atom is 0.0625 e. The van der Waals surface area contributed by atoms with Crippen molar-refractivity contribution in [2.45, 2.75) is 51.6 Å². The minimum Gasteiger partial charge on any atom is -0.314 e. The van der Waals surface area contributed by atoms with Gasteiger partial charge in [-0.25, -0.2) is 0 Å². The van der Waals surface area contributed by atoms with Crippen molar-refractivity contribution >= 4 is 0 Å². The predicted octanol–water partition coefficient (Wildman–Crippen LogP) is 1.95. The SMILES string of the molecule is CCc1cc(CN2CCCC(CNC3CC3)C2)n(C)n1. The first kappa shape index (κ1) is 14.1. The molecule has 1 saturated heterocycles. The number of likely N-dealkylation sites (tertiary alicyclic amines) is 1. The zero-order valence-electron chi connectivity index (χ0n) is 12.9. The Bertz CT molecular complexity index is 436. The third-order valence-electron chi connectivity index (χ3n) is 4.65. The van der Waals surface area contributed by atoms with Crippen LogP contribution in [0.2, 0.25) is 0 Å². The fourth-order valence-electron chi connectivity index (χ4n) is 3.20. The van der Waals surface area contributed by atoms with E-state index in [9.17, 15) is 0 Å². The van der Waals surface area contributed by atoms with Gasteiger partial charge in [-0.3, -0.25) is 9.58 Å². The minimum atomic E-state index is 0.836. The van der Waals surface area contributed by atoms with Crippen LogP contribution in [0.25, 0.3) is 0 Å². The van der Waals surface area contributed by atoms with Crippen LogP contribution in [0.15, 0.2) is 6.07 Å². The van der Waals surface area contributed by atoms with Gasteiger partial charge in [-0.15, -0.1) is 0 Å². The minimum absolute atomic E-state index is 0.836. The van der Waals surface area contributed by atoms with Crippen LogP contribution in [0.4, 0.5) is 0 Å². The molecule has 2 aliphatic rings. The number of aromatic nitrogens is 2. The van der Waals surface area contributed by atoms with Gasteiger partial charge in [0.15, 0.2) is 0 Å². The second-order valence-corrected chi connectivity index (χ2v) is 6.53. The van der Waals surface area contributed by atoms with E-state index in [2.05, 4.69) is 40.0 Å². The van der Waals surface area contributed by atoms with Gasteiger partial charge in [0.05, 0.1) is 11.4 Å². The smallest absolute Gasteiger partial charge is 0.0625 e. The third-order valence-corrected chi connectivity index (χ3v) is 4.65. The van der Waals surface area contributed by atoms with Crippen molar-refractivity contribution in [2.75, 3.05) is 19.6 Å². The van der Waals surface area contributed by atoms with Gasteiger partial charge in [-0.2, -0.15) is 5.10 Å². The summed E-state index contributed by atoms with van der Waals surface area (Å²) in [6, 6.07) is 3.11. The first-order chi connectivity index (χ1) is 9.74. The van der Waals surface area contributed by atoms with Gasteiger partial charge in [-0.05, 0) is 57.2 Å². The van der Waals surface area contributed by atoms with Crippen LogP contribution in [0.5, 0.6) is 0 Å². The third kappa shape index (κ3) is 3.61. The van der Waals surface area contributed by atoms with Crippen LogP contribution in [0.3, 0.4) is 0 Å². The predicted molar refractivity (Wildman–Crippen MR) is 81.6 cm³/mol. The van der Waals surface area contributed by atoms with Gasteiger partial charge in [0.2, 0.25) is 0 Å². The lowest BCUT2D eigenvalue weighted by atomic mass is 9.98. The topological polar surface area (TPSA) is 33.1 Å². The molecule has 2 fully saturated rings. The Labute approximate surface area is 122 Å². The molecule has 112 valence electrons. The molecule has 1 atom stereocenters. The molecule has 0 bridgehead atoms. The van der Waals surface area contributed by atoms with Gasteiger partial charge < -0.3 is 5.32 Å². The molecule has 4 heteroatoms. The second-order valence-electron chi connectivity index (χ2n) is 6.53. The van der Waals surface area contributed by atoms with Gasteiger partial charge in [0, 0.05) is 26.2 Å². The first-order valence-corrected chi connectivity index (χ1v) is 8.22. The van der Waals surface area contributed by atoms with E-state index in [4.69, 9.17) is 0 Å². The van der Waals surface area contributed by atoms with Crippen LogP contribution in [-0.4, -0.2) is 40.4 Å². The highest BCUT2D eigenvalue weighted by molar-refractivity contribution is 5.10. The van der Waals surface area contributed by atoms with E-state index in [0.29, 0.717) is 0 Å². The van der Waals surface area contributed by atoms with Crippen molar-refractivity contribution in [3.63, 3.8) is 0 Å². The molecule has 0 spiro atoms. The molecule has 0 radical (unpaired) electrons. The van der Waals surface area contributed by atoms with Crippen molar-refractivity contribution in [1.29, 1.82) is 0 Å². The Hall–Kier alpha value is -0.870. The quantitative estimate of drug-likeness (QED) is 0.862. The fraction of sp³-hybridized carbons (Fsp3) is 0.812. The van der Waals surface area contributed by atoms with Crippen LogP contribution in [0.1, 0.15) is 44.0 Å². The number of aryl methyl sites for hydroxylation is 2. The molecule has 0 aromatic carbocycles. The van der Waals surface area contributed by atoms with Crippen LogP contribution in [0, 0.1) is 5.92 Å². The average molecular weight is 276 g/mol. The number of rotatable bonds is 6. The van der Waals surface area contributed by atoms with Crippen molar-refractivity contribution in [3.05, 3.63) is 17.5 Å². The monoisotopic (exact) mass is 276 g/mol. The zero-order chi connectivity index (χ0) is 13.9. The maximum atomic E-state index is 4.56. The fourth-order valence-corrected chi connectivity index (χ4v) is 3.20. The zero-order valence-corrected chi connectivity index (χ0v) is 12.9. The largest absolute Gasteiger partial charge is 0.314 e. The number of nitrogens with one attached hydrogen (secondary N) is 1. The normalized spacial score (nSPS) is 24.2. The summed E-state index contributed by atoms with van der Waals surface area (Å²) in [4.78, 5) is 2.61. The molecule has 4 nitrogen and oxygen atoms in total. The molecule has 1 aromatic heterocycles. The van der Waals surface area contributed by atoms with Crippen molar-refractivity contribution in [3.8, 4) is 0 Å². The molecular formula is C16H28N4. The van der Waals surface area contributed by atoms with E-state index in [1.54, 1.807) is 0 Å². The summed E-state index contributed by atoms with van der Waals surface area (Å²) in [7, 11) is 2.07. The molecule has 2 heterocycles. The lowest BCUT2D eigenvalue weighted by Gasteiger charge is -2.32. The summed E-state index contributed by atoms with van der Waals surface area (Å²) in [5.41, 5.74) is 2.57. The molecule has 3 rings (SSSR count). The number of hydrogen-bond donors (Lipinski definition) is 1. The van der Waals surface area contributed by atoms with Crippen molar-refractivity contribution in [2.24, 2.45) is 13.0 Å². The van der Waals surface area contributed by atoms with E-state index in [1.165, 1.54) is 56.7 Å². The van der Waals surface area contributed by atoms with Gasteiger partial charge in [0.25, 0.3) is 0 Å². The summed E-state index contributed by atoms with van der Waals surface area (Å²) < 4.78 is 2.06. The summed E-state index contributed by atoms with van der Waals surface area (Å²) >= 11 is 0. The lowest BCUT2D eigenvalue weighted by molar-refractivity contribution is 0.162. The molecule has 1 aliphatic heterocycles. The average Bonchev–Trinajstić information content (AvgIpc) is 3.22. The Kier molecular flexibility index (Phi) is 4.41. The molecule has 1 N–H and O–H groups in total. The van der Waals surface area contributed by atoms with E-state index in [1.807, 2.05) is 0 Å². The maximum absolute atomic E-state index is 4.56. The number of nitrogens with zero attached hydrogens (tertiary/aromatic N) is 3. The summed E-state index contributed by atoms with van der Waals surface area (Å²) in [5.74, 6) is 0.836. The first-order valence-electron chi connectivity index (χ1n) is 8.22. The van der Waals surface area contributed by atoms with Gasteiger partial charge in [-0.1, -0.05) is 6.92 Å². The van der Waals surface area contributed by atoms with E-state index in [0.717, 1.165) is 24.9 Å². The standard InChI is InChI=1S/C16H28N4/c1-3-14-9-16(19(2)18-14)12-20-8-4-5-13(11-20)10-17-15-6-7-15/h9,13,15,17H,3-8,10-12H2,1-2H3. The Morgan fingerprint density at radius 1 is 1.35 bits per heavy atom. The highest BCUT2D eigenvalue weighted by Crippen LogP contribution is 2.22. The van der Waals surface area contributed by atoms with E-state index < -0.39 is 0 Å². The number of hydrogen-bond acceptors (Lipinski definition) is 3. The molecule has 1 aromatic rings. The van der Waals surface area contributed by atoms with Gasteiger partial charge in [0.1, 0.15) is 0 Å². The highest BCUT2D eigenvalue weighted by Gasteiger charge is 2.25. The van der Waals surface area contributed by atoms with Crippen LogP contribution < -0.4 is 5.32 Å². The van der Waals surface area contributed by atoms with Crippen LogP contribution in [-0.2, 0) is 20.0 Å². The molecule has 20 heavy (non-hydrogen) atoms. The van der Waals surface area contributed by atoms with Crippen molar-refractivity contribution < 1.29 is 0 Å². The summed E-state index contributed by atoms with van der Waals surface area (Å²) in [6.07, 6.45) is 6.55. The van der Waals surface area contributed by atoms with E-state index in [-0.39, 0.29) is 0 Å². The highest BCUT2D eigenvalue weighted by atomic mass is 15.3. The van der Waals surface area contributed by atoms with Crippen LogP contribution >= 0.6 is 0 Å². The Morgan fingerprint density at radius 2 is 2.20 bits per heavy atom.